The molecule has 5 heteroatoms. The molecular formula is C20H20BrNO3. The van der Waals surface area contributed by atoms with E-state index in [2.05, 4.69) is 35.1 Å². The Hall–Kier alpha value is -2.27. The van der Waals surface area contributed by atoms with Crippen LogP contribution in [0.4, 0.5) is 5.69 Å². The maximum atomic E-state index is 13.0. The van der Waals surface area contributed by atoms with E-state index in [1.807, 2.05) is 24.3 Å². The summed E-state index contributed by atoms with van der Waals surface area (Å²) in [5.74, 6) is 1.30. The lowest BCUT2D eigenvalue weighted by atomic mass is 10.1. The summed E-state index contributed by atoms with van der Waals surface area (Å²) in [7, 11) is 1.59. The van der Waals surface area contributed by atoms with Crippen LogP contribution in [-0.2, 0) is 0 Å². The average Bonchev–Trinajstić information content (AvgIpc) is 2.97. The summed E-state index contributed by atoms with van der Waals surface area (Å²) in [6, 6.07) is 12.9. The number of para-hydroxylation sites is 1. The zero-order chi connectivity index (χ0) is 18.0. The van der Waals surface area contributed by atoms with Gasteiger partial charge in [-0.3, -0.25) is 4.79 Å². The minimum atomic E-state index is -0.161. The van der Waals surface area contributed by atoms with Gasteiger partial charge in [-0.25, -0.2) is 0 Å². The first-order chi connectivity index (χ1) is 12.0. The number of rotatable bonds is 6. The van der Waals surface area contributed by atoms with E-state index in [0.29, 0.717) is 28.6 Å². The van der Waals surface area contributed by atoms with Crippen LogP contribution in [0.25, 0.3) is 11.0 Å². The molecule has 25 heavy (non-hydrogen) atoms. The van der Waals surface area contributed by atoms with E-state index in [0.717, 1.165) is 22.1 Å². The summed E-state index contributed by atoms with van der Waals surface area (Å²) in [6.07, 6.45) is 0. The highest BCUT2D eigenvalue weighted by atomic mass is 79.9. The van der Waals surface area contributed by atoms with E-state index >= 15 is 0 Å². The van der Waals surface area contributed by atoms with Crippen molar-refractivity contribution in [1.29, 1.82) is 0 Å². The Kier molecular flexibility index (Phi) is 5.13. The predicted molar refractivity (Wildman–Crippen MR) is 104 cm³/mol. The number of anilines is 1. The van der Waals surface area contributed by atoms with Crippen LogP contribution in [0.2, 0.25) is 0 Å². The highest BCUT2D eigenvalue weighted by Crippen LogP contribution is 2.34. The van der Waals surface area contributed by atoms with Crippen molar-refractivity contribution in [2.75, 3.05) is 19.0 Å². The molecule has 0 aliphatic heterocycles. The lowest BCUT2D eigenvalue weighted by Gasteiger charge is -2.10. The van der Waals surface area contributed by atoms with Crippen LogP contribution in [-0.4, -0.2) is 19.4 Å². The van der Waals surface area contributed by atoms with Crippen molar-refractivity contribution in [3.8, 4) is 5.75 Å². The van der Waals surface area contributed by atoms with Gasteiger partial charge in [-0.15, -0.1) is 0 Å². The third kappa shape index (κ3) is 3.56. The first-order valence-corrected chi connectivity index (χ1v) is 8.94. The second-order valence-electron chi connectivity index (χ2n) is 6.26. The molecule has 0 fully saturated rings. The molecular weight excluding hydrogens is 382 g/mol. The summed E-state index contributed by atoms with van der Waals surface area (Å²) in [4.78, 5) is 13.0. The molecule has 0 bridgehead atoms. The van der Waals surface area contributed by atoms with Gasteiger partial charge < -0.3 is 14.5 Å². The topological polar surface area (TPSA) is 51.5 Å². The molecule has 1 N–H and O–H groups in total. The molecule has 1 aromatic heterocycles. The van der Waals surface area contributed by atoms with Gasteiger partial charge in [-0.05, 0) is 52.2 Å². The number of halogens is 1. The number of nitrogens with one attached hydrogen (secondary N) is 1. The van der Waals surface area contributed by atoms with Gasteiger partial charge in [0.2, 0.25) is 5.78 Å². The highest BCUT2D eigenvalue weighted by Gasteiger charge is 2.22. The molecule has 0 aliphatic rings. The Labute approximate surface area is 155 Å². The Balaban J connectivity index is 2.05. The number of ether oxygens (including phenoxy) is 1. The summed E-state index contributed by atoms with van der Waals surface area (Å²) in [5.41, 5.74) is 1.99. The zero-order valence-corrected chi connectivity index (χ0v) is 16.0. The van der Waals surface area contributed by atoms with E-state index in [1.54, 1.807) is 25.3 Å². The smallest absolute Gasteiger partial charge is 0.230 e. The molecule has 0 unspecified atom stereocenters. The monoisotopic (exact) mass is 401 g/mol. The molecule has 0 atom stereocenters. The predicted octanol–water partition coefficient (Wildman–Crippen LogP) is 5.50. The van der Waals surface area contributed by atoms with E-state index in [-0.39, 0.29) is 5.78 Å². The van der Waals surface area contributed by atoms with Gasteiger partial charge in [0.15, 0.2) is 5.76 Å². The minimum absolute atomic E-state index is 0.161. The summed E-state index contributed by atoms with van der Waals surface area (Å²) < 4.78 is 11.8. The first kappa shape index (κ1) is 17.5. The van der Waals surface area contributed by atoms with Gasteiger partial charge in [-0.2, -0.15) is 0 Å². The fraction of sp³-hybridized carbons (Fsp3) is 0.250. The number of benzene rings is 2. The van der Waals surface area contributed by atoms with Gasteiger partial charge in [0.05, 0.1) is 17.3 Å². The Morgan fingerprint density at radius 3 is 2.68 bits per heavy atom. The van der Waals surface area contributed by atoms with E-state index < -0.39 is 0 Å². The average molecular weight is 402 g/mol. The third-order valence-electron chi connectivity index (χ3n) is 3.90. The highest BCUT2D eigenvalue weighted by molar-refractivity contribution is 9.10. The molecule has 0 amide bonds. The maximum absolute atomic E-state index is 13.0. The van der Waals surface area contributed by atoms with Crippen LogP contribution >= 0.6 is 15.9 Å². The molecule has 0 saturated heterocycles. The summed E-state index contributed by atoms with van der Waals surface area (Å²) in [5, 5.41) is 4.29. The van der Waals surface area contributed by atoms with Crippen LogP contribution in [0, 0.1) is 5.92 Å². The van der Waals surface area contributed by atoms with E-state index in [4.69, 9.17) is 9.15 Å². The first-order valence-electron chi connectivity index (χ1n) is 8.15. The Morgan fingerprint density at radius 2 is 2.00 bits per heavy atom. The Bertz CT molecular complexity index is 914. The SMILES string of the molecule is COc1ccc(C(=O)c2oc3ccccc3c2NCC(C)C)cc1Br. The van der Waals surface area contributed by atoms with E-state index in [1.165, 1.54) is 0 Å². The molecule has 4 nitrogen and oxygen atoms in total. The standard InChI is InChI=1S/C20H20BrNO3/c1-12(2)11-22-18-14-6-4-5-7-16(14)25-20(18)19(23)13-8-9-17(24-3)15(21)10-13/h4-10,12,22H,11H2,1-3H3. The van der Waals surface area contributed by atoms with Crippen molar-refractivity contribution in [3.05, 3.63) is 58.3 Å². The van der Waals surface area contributed by atoms with Gasteiger partial charge in [0.1, 0.15) is 11.3 Å². The quantitative estimate of drug-likeness (QED) is 0.553. The number of carbonyl (C=O) groups is 1. The van der Waals surface area contributed by atoms with Crippen molar-refractivity contribution in [2.45, 2.75) is 13.8 Å². The molecule has 130 valence electrons. The van der Waals surface area contributed by atoms with Crippen LogP contribution in [0.5, 0.6) is 5.75 Å². The number of carbonyl (C=O) groups excluding carboxylic acids is 1. The van der Waals surface area contributed by atoms with Gasteiger partial charge in [0, 0.05) is 17.5 Å². The lowest BCUT2D eigenvalue weighted by Crippen LogP contribution is -2.11. The van der Waals surface area contributed by atoms with Crippen LogP contribution in [0.15, 0.2) is 51.4 Å². The molecule has 0 saturated carbocycles. The van der Waals surface area contributed by atoms with Crippen LogP contribution in [0.3, 0.4) is 0 Å². The second-order valence-corrected chi connectivity index (χ2v) is 7.11. The van der Waals surface area contributed by atoms with Gasteiger partial charge in [0.25, 0.3) is 0 Å². The van der Waals surface area contributed by atoms with Crippen molar-refractivity contribution in [1.82, 2.24) is 0 Å². The molecule has 3 aromatic rings. The van der Waals surface area contributed by atoms with Gasteiger partial charge in [-0.1, -0.05) is 26.0 Å². The van der Waals surface area contributed by atoms with Crippen molar-refractivity contribution >= 4 is 38.4 Å². The molecule has 3 rings (SSSR count). The minimum Gasteiger partial charge on any atom is -0.496 e. The molecule has 0 radical (unpaired) electrons. The zero-order valence-electron chi connectivity index (χ0n) is 14.4. The maximum Gasteiger partial charge on any atom is 0.230 e. The van der Waals surface area contributed by atoms with Gasteiger partial charge >= 0.3 is 0 Å². The number of hydrogen-bond acceptors (Lipinski definition) is 4. The molecule has 1 heterocycles. The largest absolute Gasteiger partial charge is 0.496 e. The van der Waals surface area contributed by atoms with Crippen molar-refractivity contribution in [3.63, 3.8) is 0 Å². The fourth-order valence-electron chi connectivity index (χ4n) is 2.63. The van der Waals surface area contributed by atoms with Crippen LogP contribution in [0.1, 0.15) is 30.0 Å². The number of methoxy groups -OCH3 is 1. The fourth-order valence-corrected chi connectivity index (χ4v) is 3.17. The number of hydrogen-bond donors (Lipinski definition) is 1. The number of fused-ring (bicyclic) bond motifs is 1. The summed E-state index contributed by atoms with van der Waals surface area (Å²) >= 11 is 3.43. The lowest BCUT2D eigenvalue weighted by molar-refractivity contribution is 0.101. The van der Waals surface area contributed by atoms with Crippen molar-refractivity contribution < 1.29 is 13.9 Å². The van der Waals surface area contributed by atoms with E-state index in [9.17, 15) is 4.79 Å². The third-order valence-corrected chi connectivity index (χ3v) is 4.52. The molecule has 0 spiro atoms. The molecule has 0 aliphatic carbocycles. The second kappa shape index (κ2) is 7.31. The number of ketones is 1. The number of furan rings is 1. The summed E-state index contributed by atoms with van der Waals surface area (Å²) in [6.45, 7) is 5.00. The Morgan fingerprint density at radius 1 is 1.24 bits per heavy atom. The molecule has 2 aromatic carbocycles. The van der Waals surface area contributed by atoms with Crippen LogP contribution < -0.4 is 10.1 Å². The normalized spacial score (nSPS) is 11.1. The van der Waals surface area contributed by atoms with Crippen molar-refractivity contribution in [2.24, 2.45) is 5.92 Å².